The topological polar surface area (TPSA) is 66.6 Å². The molecule has 0 spiro atoms. The molecule has 21 heavy (non-hydrogen) atoms. The first-order valence-electron chi connectivity index (χ1n) is 7.14. The number of rotatable bonds is 2. The smallest absolute Gasteiger partial charge is 0.243 e. The first-order chi connectivity index (χ1) is 9.55. The summed E-state index contributed by atoms with van der Waals surface area (Å²) in [5.41, 5.74) is 7.65. The van der Waals surface area contributed by atoms with Gasteiger partial charge in [0.25, 0.3) is 0 Å². The molecule has 5 nitrogen and oxygen atoms in total. The van der Waals surface area contributed by atoms with E-state index >= 15 is 0 Å². The number of aryl methyl sites for hydroxylation is 2. The lowest BCUT2D eigenvalue weighted by molar-refractivity contribution is 0.0801. The van der Waals surface area contributed by atoms with Crippen LogP contribution in [0.2, 0.25) is 0 Å². The molecule has 0 aliphatic carbocycles. The Morgan fingerprint density at radius 2 is 1.67 bits per heavy atom. The van der Waals surface area contributed by atoms with Gasteiger partial charge in [-0.1, -0.05) is 0 Å². The minimum atomic E-state index is -3.48. The summed E-state index contributed by atoms with van der Waals surface area (Å²) in [6, 6.07) is 3.45. The molecule has 118 valence electrons. The number of sulfonamides is 1. The zero-order chi connectivity index (χ0) is 16.0. The van der Waals surface area contributed by atoms with Crippen LogP contribution < -0.4 is 5.73 Å². The third-order valence-electron chi connectivity index (χ3n) is 4.36. The molecule has 0 radical (unpaired) electrons. The third kappa shape index (κ3) is 2.93. The van der Waals surface area contributed by atoms with Gasteiger partial charge in [0, 0.05) is 30.9 Å². The second-order valence-electron chi connectivity index (χ2n) is 6.56. The van der Waals surface area contributed by atoms with Gasteiger partial charge in [0.2, 0.25) is 10.0 Å². The maximum Gasteiger partial charge on any atom is 0.243 e. The molecule has 1 aliphatic heterocycles. The van der Waals surface area contributed by atoms with Gasteiger partial charge in [0.15, 0.2) is 0 Å². The van der Waals surface area contributed by atoms with E-state index in [2.05, 4.69) is 18.7 Å². The standard InChI is InChI=1S/C15H25N3O2S/c1-11-8-13(16)9-12(2)14(11)21(19,20)18-7-6-17(5)15(3,4)10-18/h8-9H,6-7,10,16H2,1-5H3. The lowest BCUT2D eigenvalue weighted by Crippen LogP contribution is -2.58. The van der Waals surface area contributed by atoms with Crippen LogP contribution >= 0.6 is 0 Å². The molecular weight excluding hydrogens is 286 g/mol. The first kappa shape index (κ1) is 16.3. The molecule has 1 saturated heterocycles. The van der Waals surface area contributed by atoms with Crippen LogP contribution in [-0.2, 0) is 10.0 Å². The van der Waals surface area contributed by atoms with E-state index in [1.165, 1.54) is 0 Å². The lowest BCUT2D eigenvalue weighted by Gasteiger charge is -2.44. The summed E-state index contributed by atoms with van der Waals surface area (Å²) in [6.07, 6.45) is 0. The maximum absolute atomic E-state index is 13.0. The highest BCUT2D eigenvalue weighted by molar-refractivity contribution is 7.89. The van der Waals surface area contributed by atoms with Gasteiger partial charge >= 0.3 is 0 Å². The summed E-state index contributed by atoms with van der Waals surface area (Å²) >= 11 is 0. The largest absolute Gasteiger partial charge is 0.399 e. The fraction of sp³-hybridized carbons (Fsp3) is 0.600. The number of piperazine rings is 1. The molecule has 0 unspecified atom stereocenters. The number of hydrogen-bond acceptors (Lipinski definition) is 4. The Labute approximate surface area is 127 Å². The summed E-state index contributed by atoms with van der Waals surface area (Å²) in [7, 11) is -1.45. The van der Waals surface area contributed by atoms with E-state index in [1.807, 2.05) is 7.05 Å². The van der Waals surface area contributed by atoms with Crippen molar-refractivity contribution < 1.29 is 8.42 Å². The quantitative estimate of drug-likeness (QED) is 0.843. The summed E-state index contributed by atoms with van der Waals surface area (Å²) in [6.45, 7) is 9.49. The van der Waals surface area contributed by atoms with Gasteiger partial charge in [-0.3, -0.25) is 4.90 Å². The number of nitrogens with two attached hydrogens (primary N) is 1. The van der Waals surface area contributed by atoms with Gasteiger partial charge in [-0.05, 0) is 58.0 Å². The summed E-state index contributed by atoms with van der Waals surface area (Å²) < 4.78 is 27.6. The van der Waals surface area contributed by atoms with Crippen LogP contribution in [0.3, 0.4) is 0 Å². The molecule has 0 amide bonds. The van der Waals surface area contributed by atoms with Gasteiger partial charge in [0.1, 0.15) is 0 Å². The van der Waals surface area contributed by atoms with E-state index in [1.54, 1.807) is 30.3 Å². The molecule has 6 heteroatoms. The van der Waals surface area contributed by atoms with Crippen molar-refractivity contribution >= 4 is 15.7 Å². The molecule has 0 bridgehead atoms. The fourth-order valence-electron chi connectivity index (χ4n) is 2.92. The molecule has 1 aliphatic rings. The number of nitrogen functional groups attached to an aromatic ring is 1. The SMILES string of the molecule is Cc1cc(N)cc(C)c1S(=O)(=O)N1CCN(C)C(C)(C)C1. The number of benzene rings is 1. The van der Waals surface area contributed by atoms with Crippen LogP contribution in [0.5, 0.6) is 0 Å². The summed E-state index contributed by atoms with van der Waals surface area (Å²) in [5.74, 6) is 0. The third-order valence-corrected chi connectivity index (χ3v) is 6.51. The predicted molar refractivity (Wildman–Crippen MR) is 85.8 cm³/mol. The van der Waals surface area contributed by atoms with Gasteiger partial charge in [-0.25, -0.2) is 8.42 Å². The van der Waals surface area contributed by atoms with Gasteiger partial charge < -0.3 is 5.73 Å². The minimum absolute atomic E-state index is 0.166. The molecule has 1 fully saturated rings. The zero-order valence-corrected chi connectivity index (χ0v) is 14.3. The van der Waals surface area contributed by atoms with Gasteiger partial charge in [-0.2, -0.15) is 4.31 Å². The van der Waals surface area contributed by atoms with Crippen molar-refractivity contribution in [2.75, 3.05) is 32.4 Å². The zero-order valence-electron chi connectivity index (χ0n) is 13.5. The first-order valence-corrected chi connectivity index (χ1v) is 8.58. The Morgan fingerprint density at radius 3 is 2.14 bits per heavy atom. The van der Waals surface area contributed by atoms with Crippen LogP contribution in [0, 0.1) is 13.8 Å². The highest BCUT2D eigenvalue weighted by Gasteiger charge is 2.38. The summed E-state index contributed by atoms with van der Waals surface area (Å²) in [5, 5.41) is 0. The molecule has 2 rings (SSSR count). The van der Waals surface area contributed by atoms with Crippen molar-refractivity contribution in [3.05, 3.63) is 23.3 Å². The van der Waals surface area contributed by atoms with E-state index in [9.17, 15) is 8.42 Å². The highest BCUT2D eigenvalue weighted by Crippen LogP contribution is 2.29. The van der Waals surface area contributed by atoms with E-state index < -0.39 is 10.0 Å². The van der Waals surface area contributed by atoms with Crippen molar-refractivity contribution in [3.63, 3.8) is 0 Å². The van der Waals surface area contributed by atoms with Crippen molar-refractivity contribution in [2.24, 2.45) is 0 Å². The maximum atomic E-state index is 13.0. The number of nitrogens with zero attached hydrogens (tertiary/aromatic N) is 2. The van der Waals surface area contributed by atoms with E-state index in [0.29, 0.717) is 34.8 Å². The molecule has 0 aromatic heterocycles. The average Bonchev–Trinajstić information content (AvgIpc) is 2.30. The molecule has 1 aromatic carbocycles. The predicted octanol–water partition coefficient (Wildman–Crippen LogP) is 1.60. The van der Waals surface area contributed by atoms with E-state index in [0.717, 1.165) is 6.54 Å². The Balaban J connectivity index is 2.44. The highest BCUT2D eigenvalue weighted by atomic mass is 32.2. The van der Waals surface area contributed by atoms with Crippen molar-refractivity contribution in [1.82, 2.24) is 9.21 Å². The molecule has 0 atom stereocenters. The van der Waals surface area contributed by atoms with Gasteiger partial charge in [-0.15, -0.1) is 0 Å². The minimum Gasteiger partial charge on any atom is -0.399 e. The monoisotopic (exact) mass is 311 g/mol. The number of anilines is 1. The van der Waals surface area contributed by atoms with Crippen LogP contribution in [-0.4, -0.2) is 49.8 Å². The average molecular weight is 311 g/mol. The Kier molecular flexibility index (Phi) is 4.08. The Bertz CT molecular complexity index is 630. The molecule has 2 N–H and O–H groups in total. The molecule has 1 heterocycles. The van der Waals surface area contributed by atoms with Crippen LogP contribution in [0.4, 0.5) is 5.69 Å². The summed E-state index contributed by atoms with van der Waals surface area (Å²) in [4.78, 5) is 2.60. The second kappa shape index (κ2) is 5.26. The van der Waals surface area contributed by atoms with E-state index in [-0.39, 0.29) is 5.54 Å². The van der Waals surface area contributed by atoms with Crippen LogP contribution in [0.25, 0.3) is 0 Å². The molecule has 1 aromatic rings. The lowest BCUT2D eigenvalue weighted by atomic mass is 10.0. The number of likely N-dealkylation sites (N-methyl/N-ethyl adjacent to an activating group) is 1. The fourth-order valence-corrected chi connectivity index (χ4v) is 4.92. The van der Waals surface area contributed by atoms with Crippen LogP contribution in [0.1, 0.15) is 25.0 Å². The van der Waals surface area contributed by atoms with Crippen molar-refractivity contribution in [1.29, 1.82) is 0 Å². The molecule has 0 saturated carbocycles. The Hall–Kier alpha value is -1.11. The molecular formula is C15H25N3O2S. The second-order valence-corrected chi connectivity index (χ2v) is 8.43. The van der Waals surface area contributed by atoms with E-state index in [4.69, 9.17) is 5.73 Å². The number of hydrogen-bond donors (Lipinski definition) is 1. The van der Waals surface area contributed by atoms with Crippen molar-refractivity contribution in [2.45, 2.75) is 38.1 Å². The van der Waals surface area contributed by atoms with Crippen LogP contribution in [0.15, 0.2) is 17.0 Å². The van der Waals surface area contributed by atoms with Gasteiger partial charge in [0.05, 0.1) is 4.90 Å². The van der Waals surface area contributed by atoms with Crippen molar-refractivity contribution in [3.8, 4) is 0 Å². The normalized spacial score (nSPS) is 20.6. The Morgan fingerprint density at radius 1 is 1.14 bits per heavy atom.